The van der Waals surface area contributed by atoms with Crippen LogP contribution in [0, 0.1) is 5.92 Å². The minimum atomic E-state index is -4.42. The Morgan fingerprint density at radius 2 is 1.67 bits per heavy atom. The molecule has 1 amide bonds. The summed E-state index contributed by atoms with van der Waals surface area (Å²) in [7, 11) is 4.62. The van der Waals surface area contributed by atoms with E-state index in [-0.39, 0.29) is 18.4 Å². The molecule has 0 unspecified atom stereocenters. The summed E-state index contributed by atoms with van der Waals surface area (Å²) < 4.78 is 54.9. The van der Waals surface area contributed by atoms with E-state index in [9.17, 15) is 18.0 Å². The van der Waals surface area contributed by atoms with E-state index in [1.165, 1.54) is 13.2 Å². The molecule has 2 N–H and O–H groups in total. The van der Waals surface area contributed by atoms with Crippen LogP contribution in [-0.2, 0) is 17.5 Å². The zero-order chi connectivity index (χ0) is 28.0. The first-order chi connectivity index (χ1) is 18.7. The lowest BCUT2D eigenvalue weighted by Crippen LogP contribution is -2.40. The number of halogens is 3. The second-order valence-corrected chi connectivity index (χ2v) is 8.99. The van der Waals surface area contributed by atoms with E-state index in [0.29, 0.717) is 66.1 Å². The van der Waals surface area contributed by atoms with Crippen LogP contribution in [0.1, 0.15) is 24.0 Å². The molecule has 2 aromatic carbocycles. The highest BCUT2D eigenvalue weighted by atomic mass is 19.4. The van der Waals surface area contributed by atoms with Crippen molar-refractivity contribution in [2.24, 2.45) is 5.92 Å². The molecule has 1 saturated heterocycles. The number of nitrogens with one attached hydrogen (secondary N) is 2. The molecule has 0 aliphatic carbocycles. The molecule has 4 rings (SSSR count). The van der Waals surface area contributed by atoms with E-state index < -0.39 is 11.7 Å². The van der Waals surface area contributed by atoms with Gasteiger partial charge in [-0.25, -0.2) is 0 Å². The van der Waals surface area contributed by atoms with Crippen LogP contribution in [0.25, 0.3) is 0 Å². The zero-order valence-electron chi connectivity index (χ0n) is 21.8. The van der Waals surface area contributed by atoms with E-state index in [4.69, 9.17) is 14.2 Å². The number of amides is 1. The van der Waals surface area contributed by atoms with Gasteiger partial charge in [0.25, 0.3) is 0 Å². The van der Waals surface area contributed by atoms with Crippen molar-refractivity contribution in [2.45, 2.75) is 25.6 Å². The SMILES string of the molecule is COc1cc(Nc2ccc(N3CCC(C(=O)NCc4cccc(C(F)(F)F)c4)CC3)nn2)cc(OC)c1OC. The quantitative estimate of drug-likeness (QED) is 0.396. The van der Waals surface area contributed by atoms with Gasteiger partial charge in [-0.2, -0.15) is 13.2 Å². The Balaban J connectivity index is 1.30. The predicted molar refractivity (Wildman–Crippen MR) is 140 cm³/mol. The van der Waals surface area contributed by atoms with Crippen molar-refractivity contribution >= 4 is 23.2 Å². The highest BCUT2D eigenvalue weighted by molar-refractivity contribution is 5.79. The molecule has 1 aliphatic heterocycles. The van der Waals surface area contributed by atoms with Gasteiger partial charge in [0.2, 0.25) is 11.7 Å². The number of hydrogen-bond donors (Lipinski definition) is 2. The molecule has 39 heavy (non-hydrogen) atoms. The van der Waals surface area contributed by atoms with Crippen LogP contribution in [0.5, 0.6) is 17.2 Å². The Kier molecular flexibility index (Phi) is 8.62. The summed E-state index contributed by atoms with van der Waals surface area (Å²) in [6.45, 7) is 1.26. The highest BCUT2D eigenvalue weighted by Crippen LogP contribution is 2.40. The monoisotopic (exact) mass is 545 g/mol. The van der Waals surface area contributed by atoms with Crippen LogP contribution in [0.3, 0.4) is 0 Å². The van der Waals surface area contributed by atoms with Crippen molar-refractivity contribution in [3.05, 3.63) is 59.7 Å². The number of aromatic nitrogens is 2. The van der Waals surface area contributed by atoms with Gasteiger partial charge in [0.15, 0.2) is 23.1 Å². The van der Waals surface area contributed by atoms with Gasteiger partial charge in [-0.05, 0) is 42.7 Å². The molecule has 9 nitrogen and oxygen atoms in total. The minimum absolute atomic E-state index is 0.0504. The molecule has 1 aliphatic rings. The molecule has 2 heterocycles. The zero-order valence-corrected chi connectivity index (χ0v) is 21.8. The van der Waals surface area contributed by atoms with Gasteiger partial charge in [-0.3, -0.25) is 4.79 Å². The molecule has 0 spiro atoms. The summed E-state index contributed by atoms with van der Waals surface area (Å²) >= 11 is 0. The smallest absolute Gasteiger partial charge is 0.416 e. The topological polar surface area (TPSA) is 97.8 Å². The first kappa shape index (κ1) is 27.8. The van der Waals surface area contributed by atoms with Gasteiger partial charge in [0.05, 0.1) is 26.9 Å². The van der Waals surface area contributed by atoms with Crippen molar-refractivity contribution in [1.29, 1.82) is 0 Å². The van der Waals surface area contributed by atoms with Gasteiger partial charge in [-0.1, -0.05) is 12.1 Å². The van der Waals surface area contributed by atoms with Gasteiger partial charge >= 0.3 is 6.18 Å². The summed E-state index contributed by atoms with van der Waals surface area (Å²) in [4.78, 5) is 14.7. The molecule has 12 heteroatoms. The van der Waals surface area contributed by atoms with Crippen LogP contribution >= 0.6 is 0 Å². The number of carbonyl (C=O) groups excluding carboxylic acids is 1. The maximum atomic E-state index is 12.9. The van der Waals surface area contributed by atoms with Crippen LogP contribution in [-0.4, -0.2) is 50.5 Å². The number of carbonyl (C=O) groups is 1. The molecule has 0 atom stereocenters. The first-order valence-corrected chi connectivity index (χ1v) is 12.3. The maximum Gasteiger partial charge on any atom is 0.416 e. The van der Waals surface area contributed by atoms with Crippen molar-refractivity contribution in [1.82, 2.24) is 15.5 Å². The van der Waals surface area contributed by atoms with Gasteiger partial charge < -0.3 is 29.7 Å². The van der Waals surface area contributed by atoms with Crippen molar-refractivity contribution in [2.75, 3.05) is 44.6 Å². The Morgan fingerprint density at radius 3 is 2.23 bits per heavy atom. The fraction of sp³-hybridized carbons (Fsp3) is 0.370. The maximum absolute atomic E-state index is 12.9. The van der Waals surface area contributed by atoms with Crippen LogP contribution in [0.2, 0.25) is 0 Å². The molecule has 3 aromatic rings. The Labute approximate surface area is 224 Å². The summed E-state index contributed by atoms with van der Waals surface area (Å²) in [5.41, 5.74) is 0.364. The third-order valence-electron chi connectivity index (χ3n) is 6.50. The molecule has 0 radical (unpaired) electrons. The largest absolute Gasteiger partial charge is 0.493 e. The number of methoxy groups -OCH3 is 3. The Hall–Kier alpha value is -4.22. The average molecular weight is 546 g/mol. The second-order valence-electron chi connectivity index (χ2n) is 8.99. The van der Waals surface area contributed by atoms with Crippen molar-refractivity contribution in [3.63, 3.8) is 0 Å². The van der Waals surface area contributed by atoms with E-state index in [1.54, 1.807) is 38.5 Å². The van der Waals surface area contributed by atoms with Gasteiger partial charge in [0.1, 0.15) is 0 Å². The highest BCUT2D eigenvalue weighted by Gasteiger charge is 2.30. The molecular formula is C27H30F3N5O4. The van der Waals surface area contributed by atoms with Gasteiger partial charge in [0, 0.05) is 43.4 Å². The van der Waals surface area contributed by atoms with E-state index >= 15 is 0 Å². The number of ether oxygens (including phenoxy) is 3. The van der Waals surface area contributed by atoms with Crippen molar-refractivity contribution < 1.29 is 32.2 Å². The molecule has 208 valence electrons. The molecule has 1 aromatic heterocycles. The lowest BCUT2D eigenvalue weighted by Gasteiger charge is -2.31. The summed E-state index contributed by atoms with van der Waals surface area (Å²) in [6, 6.07) is 12.2. The van der Waals surface area contributed by atoms with Crippen LogP contribution in [0.15, 0.2) is 48.5 Å². The third kappa shape index (κ3) is 6.81. The number of nitrogens with zero attached hydrogens (tertiary/aromatic N) is 3. The van der Waals surface area contributed by atoms with Crippen molar-refractivity contribution in [3.8, 4) is 17.2 Å². The molecular weight excluding hydrogens is 515 g/mol. The first-order valence-electron chi connectivity index (χ1n) is 12.3. The van der Waals surface area contributed by atoms with E-state index in [2.05, 4.69) is 20.8 Å². The minimum Gasteiger partial charge on any atom is -0.493 e. The number of hydrogen-bond acceptors (Lipinski definition) is 8. The summed E-state index contributed by atoms with van der Waals surface area (Å²) in [6.07, 6.45) is -3.22. The van der Waals surface area contributed by atoms with E-state index in [1.807, 2.05) is 11.0 Å². The van der Waals surface area contributed by atoms with Gasteiger partial charge in [-0.15, -0.1) is 10.2 Å². The molecule has 1 fully saturated rings. The fourth-order valence-corrected chi connectivity index (χ4v) is 4.42. The summed E-state index contributed by atoms with van der Waals surface area (Å²) in [5, 5.41) is 14.5. The third-order valence-corrected chi connectivity index (χ3v) is 6.50. The molecule has 0 saturated carbocycles. The van der Waals surface area contributed by atoms with E-state index in [0.717, 1.165) is 12.1 Å². The van der Waals surface area contributed by atoms with Crippen LogP contribution in [0.4, 0.5) is 30.5 Å². The number of benzene rings is 2. The Morgan fingerprint density at radius 1 is 0.974 bits per heavy atom. The second kappa shape index (κ2) is 12.1. The predicted octanol–water partition coefficient (Wildman–Crippen LogP) is 4.80. The lowest BCUT2D eigenvalue weighted by molar-refractivity contribution is -0.137. The summed E-state index contributed by atoms with van der Waals surface area (Å²) in [5.74, 6) is 2.32. The number of piperidine rings is 1. The fourth-order valence-electron chi connectivity index (χ4n) is 4.42. The number of anilines is 3. The standard InChI is InChI=1S/C27H30F3N5O4/c1-37-21-14-20(15-22(38-2)25(21)39-3)32-23-7-8-24(34-33-23)35-11-9-18(10-12-35)26(36)31-16-17-5-4-6-19(13-17)27(28,29)30/h4-8,13-15,18H,9-12,16H2,1-3H3,(H,31,36)(H,32,33). The Bertz CT molecular complexity index is 1250. The normalized spacial score (nSPS) is 14.1. The average Bonchev–Trinajstić information content (AvgIpc) is 2.95. The number of alkyl halides is 3. The lowest BCUT2D eigenvalue weighted by atomic mass is 9.96. The van der Waals surface area contributed by atoms with Crippen LogP contribution < -0.4 is 29.7 Å². The molecule has 0 bridgehead atoms. The number of rotatable bonds is 9.